The Bertz CT molecular complexity index is 876. The number of carbonyl (C=O) groups is 1. The number of aromatic nitrogens is 1. The molecule has 1 aromatic heterocycles. The van der Waals surface area contributed by atoms with Crippen molar-refractivity contribution in [1.29, 1.82) is 0 Å². The highest BCUT2D eigenvalue weighted by atomic mass is 127. The molecule has 2 aromatic rings. The van der Waals surface area contributed by atoms with Gasteiger partial charge in [-0.05, 0) is 47.8 Å². The van der Waals surface area contributed by atoms with Crippen molar-refractivity contribution in [2.75, 3.05) is 50.6 Å². The van der Waals surface area contributed by atoms with E-state index in [1.165, 1.54) is 7.11 Å². The number of methoxy groups -OCH3 is 1. The van der Waals surface area contributed by atoms with Crippen LogP contribution in [0.15, 0.2) is 30.5 Å². The number of nitrogens with one attached hydrogen (secondary N) is 1. The fourth-order valence-electron chi connectivity index (χ4n) is 3.58. The fourth-order valence-corrected chi connectivity index (χ4v) is 4.21. The van der Waals surface area contributed by atoms with Crippen LogP contribution >= 0.6 is 22.6 Å². The quantitative estimate of drug-likeness (QED) is 0.682. The monoisotopic (exact) mass is 480 g/mol. The average molecular weight is 480 g/mol. The smallest absolute Gasteiger partial charge is 0.262 e. The number of amides is 1. The molecule has 0 radical (unpaired) electrons. The number of anilines is 2. The standard InChI is InChI=1S/C19H21IN4O3/c1-23-7-8-24-13(10-23)11-27-16-9-12(3-4-15(16)24)22-18(25)17-14(20)5-6-21-19(17)26-2/h3-6,9,13H,7-8,10-11H2,1-2H3,(H,22,25). The van der Waals surface area contributed by atoms with Crippen LogP contribution in [0.3, 0.4) is 0 Å². The molecule has 1 fully saturated rings. The second-order valence-corrected chi connectivity index (χ2v) is 7.90. The van der Waals surface area contributed by atoms with E-state index in [9.17, 15) is 4.79 Å². The Morgan fingerprint density at radius 3 is 3.04 bits per heavy atom. The molecule has 1 aromatic carbocycles. The molecule has 2 aliphatic rings. The molecule has 1 atom stereocenters. The number of piperazine rings is 1. The van der Waals surface area contributed by atoms with Gasteiger partial charge in [-0.1, -0.05) is 0 Å². The number of ether oxygens (including phenoxy) is 2. The Hall–Kier alpha value is -2.07. The third kappa shape index (κ3) is 3.55. The lowest BCUT2D eigenvalue weighted by Crippen LogP contribution is -2.56. The number of likely N-dealkylation sites (N-methyl/N-ethyl adjacent to an activating group) is 1. The summed E-state index contributed by atoms with van der Waals surface area (Å²) in [6.45, 7) is 3.67. The number of rotatable bonds is 3. The number of halogens is 1. The summed E-state index contributed by atoms with van der Waals surface area (Å²) in [4.78, 5) is 21.6. The third-order valence-electron chi connectivity index (χ3n) is 4.93. The molecular formula is C19H21IN4O3. The molecule has 1 saturated heterocycles. The molecule has 1 unspecified atom stereocenters. The number of carbonyl (C=O) groups excluding carboxylic acids is 1. The van der Waals surface area contributed by atoms with Gasteiger partial charge in [0.2, 0.25) is 5.88 Å². The summed E-state index contributed by atoms with van der Waals surface area (Å²) in [7, 11) is 3.65. The summed E-state index contributed by atoms with van der Waals surface area (Å²) in [5, 5.41) is 2.93. The van der Waals surface area contributed by atoms with Crippen LogP contribution in [0, 0.1) is 3.57 Å². The van der Waals surface area contributed by atoms with Crippen molar-refractivity contribution in [2.24, 2.45) is 0 Å². The van der Waals surface area contributed by atoms with Crippen LogP contribution in [-0.4, -0.2) is 62.2 Å². The van der Waals surface area contributed by atoms with Gasteiger partial charge in [0.15, 0.2) is 0 Å². The van der Waals surface area contributed by atoms with Gasteiger partial charge in [0, 0.05) is 41.2 Å². The van der Waals surface area contributed by atoms with Crippen LogP contribution in [0.5, 0.6) is 11.6 Å². The van der Waals surface area contributed by atoms with Gasteiger partial charge in [0.05, 0.1) is 18.8 Å². The molecule has 27 heavy (non-hydrogen) atoms. The highest BCUT2D eigenvalue weighted by Gasteiger charge is 2.31. The first kappa shape index (κ1) is 18.3. The topological polar surface area (TPSA) is 66.9 Å². The molecule has 8 heteroatoms. The molecule has 7 nitrogen and oxygen atoms in total. The lowest BCUT2D eigenvalue weighted by molar-refractivity contribution is 0.102. The normalized spacial score (nSPS) is 18.9. The highest BCUT2D eigenvalue weighted by molar-refractivity contribution is 14.1. The number of hydrogen-bond acceptors (Lipinski definition) is 6. The first-order valence-electron chi connectivity index (χ1n) is 8.78. The molecule has 142 valence electrons. The Labute approximate surface area is 171 Å². The van der Waals surface area contributed by atoms with Crippen molar-refractivity contribution in [3.63, 3.8) is 0 Å². The van der Waals surface area contributed by atoms with Crippen molar-refractivity contribution < 1.29 is 14.3 Å². The van der Waals surface area contributed by atoms with Gasteiger partial charge in [-0.2, -0.15) is 0 Å². The minimum atomic E-state index is -0.252. The van der Waals surface area contributed by atoms with Crippen LogP contribution in [0.25, 0.3) is 0 Å². The second kappa shape index (κ2) is 7.51. The summed E-state index contributed by atoms with van der Waals surface area (Å²) in [6, 6.07) is 7.97. The van der Waals surface area contributed by atoms with Crippen molar-refractivity contribution in [3.05, 3.63) is 39.6 Å². The average Bonchev–Trinajstić information content (AvgIpc) is 2.67. The first-order chi connectivity index (χ1) is 13.1. The Morgan fingerprint density at radius 2 is 2.22 bits per heavy atom. The molecule has 1 amide bonds. The fraction of sp³-hybridized carbons (Fsp3) is 0.368. The SMILES string of the molecule is COc1nccc(I)c1C(=O)Nc1ccc2c(c1)OCC1CN(C)CCN21. The summed E-state index contributed by atoms with van der Waals surface area (Å²) in [5.41, 5.74) is 2.21. The zero-order valence-corrected chi connectivity index (χ0v) is 17.4. The minimum absolute atomic E-state index is 0.252. The lowest BCUT2D eigenvalue weighted by atomic mass is 10.1. The van der Waals surface area contributed by atoms with Crippen molar-refractivity contribution in [1.82, 2.24) is 9.88 Å². The maximum absolute atomic E-state index is 12.8. The second-order valence-electron chi connectivity index (χ2n) is 6.73. The van der Waals surface area contributed by atoms with Gasteiger partial charge in [-0.15, -0.1) is 0 Å². The van der Waals surface area contributed by atoms with Gasteiger partial charge >= 0.3 is 0 Å². The molecular weight excluding hydrogens is 459 g/mol. The van der Waals surface area contributed by atoms with E-state index >= 15 is 0 Å². The van der Waals surface area contributed by atoms with Crippen LogP contribution in [0.4, 0.5) is 11.4 Å². The van der Waals surface area contributed by atoms with Gasteiger partial charge in [-0.3, -0.25) is 4.79 Å². The van der Waals surface area contributed by atoms with E-state index in [1.54, 1.807) is 12.3 Å². The van der Waals surface area contributed by atoms with Crippen LogP contribution < -0.4 is 19.7 Å². The predicted octanol–water partition coefficient (Wildman–Crippen LogP) is 2.46. The Balaban J connectivity index is 1.56. The van der Waals surface area contributed by atoms with Crippen molar-refractivity contribution >= 4 is 39.9 Å². The minimum Gasteiger partial charge on any atom is -0.489 e. The summed E-state index contributed by atoms with van der Waals surface area (Å²) in [6.07, 6.45) is 1.62. The van der Waals surface area contributed by atoms with E-state index in [4.69, 9.17) is 9.47 Å². The molecule has 0 spiro atoms. The molecule has 0 bridgehead atoms. The largest absolute Gasteiger partial charge is 0.489 e. The summed E-state index contributed by atoms with van der Waals surface area (Å²) < 4.78 is 12.0. The maximum atomic E-state index is 12.8. The number of pyridine rings is 1. The molecule has 4 rings (SSSR count). The van der Waals surface area contributed by atoms with E-state index in [-0.39, 0.29) is 5.91 Å². The summed E-state index contributed by atoms with van der Waals surface area (Å²) >= 11 is 2.11. The van der Waals surface area contributed by atoms with E-state index in [1.807, 2.05) is 18.2 Å². The van der Waals surface area contributed by atoms with E-state index in [2.05, 4.69) is 49.7 Å². The number of hydrogen-bond donors (Lipinski definition) is 1. The van der Waals surface area contributed by atoms with Crippen LogP contribution in [0.2, 0.25) is 0 Å². The van der Waals surface area contributed by atoms with Gasteiger partial charge in [-0.25, -0.2) is 4.98 Å². The van der Waals surface area contributed by atoms with Crippen molar-refractivity contribution in [2.45, 2.75) is 6.04 Å². The van der Waals surface area contributed by atoms with Gasteiger partial charge < -0.3 is 24.6 Å². The van der Waals surface area contributed by atoms with Gasteiger partial charge in [0.1, 0.15) is 17.9 Å². The number of fused-ring (bicyclic) bond motifs is 3. The van der Waals surface area contributed by atoms with Gasteiger partial charge in [0.25, 0.3) is 5.91 Å². The molecule has 3 heterocycles. The Morgan fingerprint density at radius 1 is 1.37 bits per heavy atom. The van der Waals surface area contributed by atoms with E-state index < -0.39 is 0 Å². The zero-order valence-electron chi connectivity index (χ0n) is 15.2. The molecule has 0 saturated carbocycles. The van der Waals surface area contributed by atoms with Crippen molar-refractivity contribution in [3.8, 4) is 11.6 Å². The number of nitrogens with zero attached hydrogens (tertiary/aromatic N) is 3. The summed E-state index contributed by atoms with van der Waals surface area (Å²) in [5.74, 6) is 0.868. The first-order valence-corrected chi connectivity index (χ1v) is 9.86. The number of benzene rings is 1. The Kier molecular flexibility index (Phi) is 5.09. The zero-order chi connectivity index (χ0) is 19.0. The third-order valence-corrected chi connectivity index (χ3v) is 5.83. The molecule has 0 aliphatic carbocycles. The molecule has 1 N–H and O–H groups in total. The lowest BCUT2D eigenvalue weighted by Gasteiger charge is -2.44. The molecule has 2 aliphatic heterocycles. The van der Waals surface area contributed by atoms with E-state index in [0.29, 0.717) is 29.8 Å². The van der Waals surface area contributed by atoms with Crippen LogP contribution in [0.1, 0.15) is 10.4 Å². The van der Waals surface area contributed by atoms with E-state index in [0.717, 1.165) is 34.6 Å². The predicted molar refractivity (Wildman–Crippen MR) is 112 cm³/mol. The highest BCUT2D eigenvalue weighted by Crippen LogP contribution is 2.37. The van der Waals surface area contributed by atoms with Crippen LogP contribution in [-0.2, 0) is 0 Å². The maximum Gasteiger partial charge on any atom is 0.262 e.